The van der Waals surface area contributed by atoms with Crippen LogP contribution in [0.1, 0.15) is 5.56 Å². The van der Waals surface area contributed by atoms with E-state index in [1.165, 1.54) is 0 Å². The van der Waals surface area contributed by atoms with Crippen molar-refractivity contribution in [2.45, 2.75) is 6.92 Å². The molecule has 0 aliphatic carbocycles. The molecule has 3 aromatic rings. The summed E-state index contributed by atoms with van der Waals surface area (Å²) in [6.07, 6.45) is 0. The van der Waals surface area contributed by atoms with Crippen molar-refractivity contribution in [3.8, 4) is 17.1 Å². The van der Waals surface area contributed by atoms with Crippen LogP contribution in [0.5, 0.6) is 0 Å². The van der Waals surface area contributed by atoms with Crippen molar-refractivity contribution in [3.05, 3.63) is 50.9 Å². The lowest BCUT2D eigenvalue weighted by molar-refractivity contribution is 0.789. The van der Waals surface area contributed by atoms with Crippen molar-refractivity contribution >= 4 is 37.5 Å². The summed E-state index contributed by atoms with van der Waals surface area (Å²) < 4.78 is 3.50. The molecule has 7 heteroatoms. The highest BCUT2D eigenvalue weighted by Gasteiger charge is 2.16. The van der Waals surface area contributed by atoms with Gasteiger partial charge < -0.3 is 5.73 Å². The molecule has 0 saturated carbocycles. The first-order valence-corrected chi connectivity index (χ1v) is 7.76. The second-order valence-corrected chi connectivity index (χ2v) is 6.30. The monoisotopic (exact) mass is 407 g/mol. The van der Waals surface area contributed by atoms with Gasteiger partial charge >= 0.3 is 0 Å². The smallest absolute Gasteiger partial charge is 0.187 e. The maximum absolute atomic E-state index is 6.03. The first-order valence-electron chi connectivity index (χ1n) is 6.17. The molecule has 0 aliphatic rings. The van der Waals surface area contributed by atoms with Crippen molar-refractivity contribution in [1.29, 1.82) is 0 Å². The number of tetrazole rings is 1. The molecular weight excluding hydrogens is 398 g/mol. The third kappa shape index (κ3) is 2.58. The molecule has 0 atom stereocenters. The Kier molecular flexibility index (Phi) is 3.77. The van der Waals surface area contributed by atoms with Crippen LogP contribution in [0.3, 0.4) is 0 Å². The standard InChI is InChI=1S/C14H11Br2N5/c1-8-10(6-9(15)7-12(8)17)14-18-19-20-21(14)13-5-3-2-4-11(13)16/h2-7H,17H2,1H3. The number of halogens is 2. The number of rotatable bonds is 2. The van der Waals surface area contributed by atoms with Crippen LogP contribution in [0, 0.1) is 6.92 Å². The van der Waals surface area contributed by atoms with E-state index < -0.39 is 0 Å². The molecule has 1 aromatic heterocycles. The predicted molar refractivity (Wildman–Crippen MR) is 89.1 cm³/mol. The number of benzene rings is 2. The van der Waals surface area contributed by atoms with E-state index in [0.717, 1.165) is 25.8 Å². The number of aromatic nitrogens is 4. The minimum Gasteiger partial charge on any atom is -0.398 e. The van der Waals surface area contributed by atoms with E-state index in [1.54, 1.807) is 4.68 Å². The van der Waals surface area contributed by atoms with Crippen LogP contribution in [0.2, 0.25) is 0 Å². The molecule has 0 amide bonds. The summed E-state index contributed by atoms with van der Waals surface area (Å²) in [5.41, 5.74) is 9.43. The van der Waals surface area contributed by atoms with E-state index in [2.05, 4.69) is 47.4 Å². The van der Waals surface area contributed by atoms with Crippen LogP contribution in [0.25, 0.3) is 17.1 Å². The number of nitrogens with zero attached hydrogens (tertiary/aromatic N) is 4. The van der Waals surface area contributed by atoms with E-state index >= 15 is 0 Å². The van der Waals surface area contributed by atoms with Gasteiger partial charge in [0.25, 0.3) is 0 Å². The maximum Gasteiger partial charge on any atom is 0.187 e. The first-order chi connectivity index (χ1) is 10.1. The highest BCUT2D eigenvalue weighted by molar-refractivity contribution is 9.10. The highest BCUT2D eigenvalue weighted by atomic mass is 79.9. The summed E-state index contributed by atoms with van der Waals surface area (Å²) in [4.78, 5) is 0. The molecule has 0 bridgehead atoms. The molecule has 0 unspecified atom stereocenters. The van der Waals surface area contributed by atoms with Gasteiger partial charge in [0.15, 0.2) is 5.82 Å². The molecule has 106 valence electrons. The zero-order valence-corrected chi connectivity index (χ0v) is 14.3. The third-order valence-electron chi connectivity index (χ3n) is 3.20. The van der Waals surface area contributed by atoms with Crippen LogP contribution in [-0.4, -0.2) is 20.2 Å². The molecule has 21 heavy (non-hydrogen) atoms. The first kappa shape index (κ1) is 14.2. The van der Waals surface area contributed by atoms with Gasteiger partial charge in [-0.3, -0.25) is 0 Å². The Morgan fingerprint density at radius 2 is 1.90 bits per heavy atom. The van der Waals surface area contributed by atoms with Gasteiger partial charge in [0.2, 0.25) is 0 Å². The molecule has 1 heterocycles. The quantitative estimate of drug-likeness (QED) is 0.655. The van der Waals surface area contributed by atoms with Crippen molar-refractivity contribution in [2.24, 2.45) is 0 Å². The Morgan fingerprint density at radius 3 is 2.67 bits per heavy atom. The van der Waals surface area contributed by atoms with Gasteiger partial charge in [0, 0.05) is 20.2 Å². The number of nitrogens with two attached hydrogens (primary N) is 1. The van der Waals surface area contributed by atoms with Gasteiger partial charge in [-0.1, -0.05) is 28.1 Å². The minimum absolute atomic E-state index is 0.646. The molecule has 0 spiro atoms. The van der Waals surface area contributed by atoms with Gasteiger partial charge in [-0.2, -0.15) is 4.68 Å². The fraction of sp³-hybridized carbons (Fsp3) is 0.0714. The minimum atomic E-state index is 0.646. The van der Waals surface area contributed by atoms with E-state index in [9.17, 15) is 0 Å². The number of anilines is 1. The maximum atomic E-state index is 6.03. The predicted octanol–water partition coefficient (Wildman–Crippen LogP) is 3.74. The third-order valence-corrected chi connectivity index (χ3v) is 4.33. The van der Waals surface area contributed by atoms with Crippen molar-refractivity contribution in [3.63, 3.8) is 0 Å². The summed E-state index contributed by atoms with van der Waals surface area (Å²) in [6.45, 7) is 1.95. The molecule has 0 fully saturated rings. The molecule has 3 rings (SSSR count). The Morgan fingerprint density at radius 1 is 1.14 bits per heavy atom. The summed E-state index contributed by atoms with van der Waals surface area (Å²) >= 11 is 6.98. The summed E-state index contributed by atoms with van der Waals surface area (Å²) in [6, 6.07) is 11.6. The SMILES string of the molecule is Cc1c(N)cc(Br)cc1-c1nnnn1-c1ccccc1Br. The Labute approximate surface area is 138 Å². The highest BCUT2D eigenvalue weighted by Crippen LogP contribution is 2.31. The Balaban J connectivity index is 2.23. The second-order valence-electron chi connectivity index (χ2n) is 4.53. The van der Waals surface area contributed by atoms with Gasteiger partial charge in [0.1, 0.15) is 0 Å². The van der Waals surface area contributed by atoms with Crippen molar-refractivity contribution < 1.29 is 0 Å². The molecule has 5 nitrogen and oxygen atoms in total. The van der Waals surface area contributed by atoms with E-state index in [-0.39, 0.29) is 0 Å². The number of hydrogen-bond acceptors (Lipinski definition) is 4. The topological polar surface area (TPSA) is 69.6 Å². The van der Waals surface area contributed by atoms with Crippen LogP contribution in [0.4, 0.5) is 5.69 Å². The van der Waals surface area contributed by atoms with Crippen molar-refractivity contribution in [2.75, 3.05) is 5.73 Å². The molecule has 2 aromatic carbocycles. The molecule has 2 N–H and O–H groups in total. The Hall–Kier alpha value is -1.73. The average molecular weight is 409 g/mol. The summed E-state index contributed by atoms with van der Waals surface area (Å²) in [7, 11) is 0. The second kappa shape index (κ2) is 5.57. The zero-order valence-electron chi connectivity index (χ0n) is 11.1. The molecule has 0 saturated heterocycles. The number of nitrogen functional groups attached to an aromatic ring is 1. The van der Waals surface area contributed by atoms with E-state index in [4.69, 9.17) is 5.73 Å². The Bertz CT molecular complexity index is 813. The molecular formula is C14H11Br2N5. The number of hydrogen-bond donors (Lipinski definition) is 1. The lowest BCUT2D eigenvalue weighted by atomic mass is 10.1. The lowest BCUT2D eigenvalue weighted by Crippen LogP contribution is -2.03. The average Bonchev–Trinajstić information content (AvgIpc) is 2.92. The van der Waals surface area contributed by atoms with Crippen LogP contribution in [0.15, 0.2) is 45.3 Å². The fourth-order valence-electron chi connectivity index (χ4n) is 2.07. The normalized spacial score (nSPS) is 10.8. The van der Waals surface area contributed by atoms with Crippen LogP contribution in [-0.2, 0) is 0 Å². The van der Waals surface area contributed by atoms with Gasteiger partial charge in [-0.15, -0.1) is 5.10 Å². The van der Waals surface area contributed by atoms with Gasteiger partial charge in [-0.25, -0.2) is 0 Å². The summed E-state index contributed by atoms with van der Waals surface area (Å²) in [5.74, 6) is 0.646. The van der Waals surface area contributed by atoms with Crippen LogP contribution < -0.4 is 5.73 Å². The molecule has 0 aliphatic heterocycles. The fourth-order valence-corrected chi connectivity index (χ4v) is 3.00. The van der Waals surface area contributed by atoms with Gasteiger partial charge in [-0.05, 0) is 63.1 Å². The largest absolute Gasteiger partial charge is 0.398 e. The number of para-hydroxylation sites is 1. The van der Waals surface area contributed by atoms with Crippen LogP contribution >= 0.6 is 31.9 Å². The van der Waals surface area contributed by atoms with Crippen molar-refractivity contribution in [1.82, 2.24) is 20.2 Å². The summed E-state index contributed by atoms with van der Waals surface area (Å²) in [5, 5.41) is 12.0. The lowest BCUT2D eigenvalue weighted by Gasteiger charge is -2.10. The van der Waals surface area contributed by atoms with Gasteiger partial charge in [0.05, 0.1) is 5.69 Å². The van der Waals surface area contributed by atoms with E-state index in [0.29, 0.717) is 11.5 Å². The van der Waals surface area contributed by atoms with E-state index in [1.807, 2.05) is 43.3 Å². The zero-order chi connectivity index (χ0) is 15.0. The molecule has 0 radical (unpaired) electrons.